The highest BCUT2D eigenvalue weighted by molar-refractivity contribution is 7.23. The monoisotopic (exact) mass is 346 g/mol. The van der Waals surface area contributed by atoms with Gasteiger partial charge in [0.05, 0.1) is 5.02 Å². The topological polar surface area (TPSA) is 38.9 Å². The molecule has 2 heterocycles. The summed E-state index contributed by atoms with van der Waals surface area (Å²) in [4.78, 5) is 0.758. The Kier molecular flexibility index (Phi) is 3.37. The molecule has 108 valence electrons. The summed E-state index contributed by atoms with van der Waals surface area (Å²) < 4.78 is 6.76. The van der Waals surface area contributed by atoms with Crippen LogP contribution in [0, 0.1) is 0 Å². The van der Waals surface area contributed by atoms with Crippen molar-refractivity contribution in [3.8, 4) is 22.2 Å². The minimum Gasteiger partial charge on any atom is -0.415 e. The van der Waals surface area contributed by atoms with Gasteiger partial charge in [-0.05, 0) is 24.3 Å². The second-order valence-electron chi connectivity index (χ2n) is 4.66. The first-order valence-electron chi connectivity index (χ1n) is 6.49. The predicted octanol–water partition coefficient (Wildman–Crippen LogP) is 5.93. The number of hydrogen-bond donors (Lipinski definition) is 0. The number of benzene rings is 2. The average Bonchev–Trinajstić information content (AvgIpc) is 3.13. The maximum absolute atomic E-state index is 6.44. The van der Waals surface area contributed by atoms with Gasteiger partial charge in [0, 0.05) is 20.7 Å². The molecular weight excluding hydrogens is 339 g/mol. The number of aromatic nitrogens is 2. The number of hydrogen-bond acceptors (Lipinski definition) is 4. The van der Waals surface area contributed by atoms with Crippen molar-refractivity contribution in [3.63, 3.8) is 0 Å². The zero-order valence-electron chi connectivity index (χ0n) is 11.1. The van der Waals surface area contributed by atoms with Crippen LogP contribution in [0.25, 0.3) is 32.3 Å². The molecular formula is C16H8Cl2N2OS. The van der Waals surface area contributed by atoms with Gasteiger partial charge in [0.2, 0.25) is 5.89 Å². The van der Waals surface area contributed by atoms with Crippen LogP contribution in [0.5, 0.6) is 0 Å². The van der Waals surface area contributed by atoms with Gasteiger partial charge in [-0.3, -0.25) is 0 Å². The van der Waals surface area contributed by atoms with E-state index in [-0.39, 0.29) is 0 Å². The van der Waals surface area contributed by atoms with Crippen LogP contribution in [-0.2, 0) is 0 Å². The van der Waals surface area contributed by atoms with Crippen molar-refractivity contribution in [2.24, 2.45) is 0 Å². The Bertz CT molecular complexity index is 963. The molecule has 0 bridgehead atoms. The van der Waals surface area contributed by atoms with E-state index in [1.165, 1.54) is 11.3 Å². The van der Waals surface area contributed by atoms with E-state index in [0.29, 0.717) is 21.8 Å². The summed E-state index contributed by atoms with van der Waals surface area (Å²) in [5.74, 6) is 0.892. The molecule has 0 spiro atoms. The quantitative estimate of drug-likeness (QED) is 0.451. The second kappa shape index (κ2) is 5.39. The zero-order chi connectivity index (χ0) is 15.1. The minimum atomic E-state index is 0.418. The lowest BCUT2D eigenvalue weighted by Crippen LogP contribution is -1.75. The zero-order valence-corrected chi connectivity index (χ0v) is 13.4. The fourth-order valence-electron chi connectivity index (χ4n) is 2.19. The first kappa shape index (κ1) is 13.8. The first-order chi connectivity index (χ1) is 10.7. The molecule has 0 aliphatic heterocycles. The lowest BCUT2D eigenvalue weighted by Gasteiger charge is -1.93. The van der Waals surface area contributed by atoms with Gasteiger partial charge in [-0.15, -0.1) is 21.5 Å². The van der Waals surface area contributed by atoms with Gasteiger partial charge in [-0.2, -0.15) is 0 Å². The third kappa shape index (κ3) is 2.29. The molecule has 0 saturated heterocycles. The lowest BCUT2D eigenvalue weighted by molar-refractivity contribution is 0.586. The molecule has 22 heavy (non-hydrogen) atoms. The third-order valence-electron chi connectivity index (χ3n) is 3.23. The smallest absolute Gasteiger partial charge is 0.259 e. The Morgan fingerprint density at radius 3 is 2.50 bits per heavy atom. The first-order valence-corrected chi connectivity index (χ1v) is 8.06. The van der Waals surface area contributed by atoms with Crippen molar-refractivity contribution < 1.29 is 4.42 Å². The fourth-order valence-corrected chi connectivity index (χ4v) is 3.90. The maximum atomic E-state index is 6.44. The Labute approximate surface area is 140 Å². The van der Waals surface area contributed by atoms with Crippen LogP contribution >= 0.6 is 34.5 Å². The highest BCUT2D eigenvalue weighted by Crippen LogP contribution is 2.42. The predicted molar refractivity (Wildman–Crippen MR) is 90.6 cm³/mol. The van der Waals surface area contributed by atoms with Crippen molar-refractivity contribution in [1.29, 1.82) is 0 Å². The number of nitrogens with zero attached hydrogens (tertiary/aromatic N) is 2. The molecule has 0 aliphatic rings. The summed E-state index contributed by atoms with van der Waals surface area (Å²) in [6.45, 7) is 0. The number of fused-ring (bicyclic) bond motifs is 1. The van der Waals surface area contributed by atoms with E-state index in [2.05, 4.69) is 10.2 Å². The van der Waals surface area contributed by atoms with Crippen LogP contribution in [0.3, 0.4) is 0 Å². The Hall–Kier alpha value is -1.88. The van der Waals surface area contributed by atoms with E-state index >= 15 is 0 Å². The summed E-state index contributed by atoms with van der Waals surface area (Å²) in [7, 11) is 0. The van der Waals surface area contributed by atoms with E-state index in [1.807, 2.05) is 48.5 Å². The minimum absolute atomic E-state index is 0.418. The molecule has 0 saturated carbocycles. The fraction of sp³-hybridized carbons (Fsp3) is 0. The number of halogens is 2. The highest BCUT2D eigenvalue weighted by atomic mass is 35.5. The molecule has 0 unspecified atom stereocenters. The molecule has 3 nitrogen and oxygen atoms in total. The van der Waals surface area contributed by atoms with E-state index in [1.54, 1.807) is 0 Å². The highest BCUT2D eigenvalue weighted by Gasteiger charge is 2.18. The summed E-state index contributed by atoms with van der Waals surface area (Å²) in [5.41, 5.74) is 0.876. The van der Waals surface area contributed by atoms with Crippen LogP contribution in [0.2, 0.25) is 10.0 Å². The summed E-state index contributed by atoms with van der Waals surface area (Å²) >= 11 is 13.9. The van der Waals surface area contributed by atoms with Crippen LogP contribution < -0.4 is 0 Å². The molecule has 0 aliphatic carbocycles. The van der Waals surface area contributed by atoms with Crippen LogP contribution in [0.1, 0.15) is 0 Å². The van der Waals surface area contributed by atoms with Gasteiger partial charge in [-0.1, -0.05) is 47.5 Å². The molecule has 0 fully saturated rings. The summed E-state index contributed by atoms with van der Waals surface area (Å²) in [6, 6.07) is 15.2. The molecule has 4 aromatic rings. The van der Waals surface area contributed by atoms with E-state index < -0.39 is 0 Å². The van der Waals surface area contributed by atoms with Gasteiger partial charge in [0.25, 0.3) is 5.89 Å². The molecule has 4 rings (SSSR count). The van der Waals surface area contributed by atoms with E-state index in [0.717, 1.165) is 20.5 Å². The van der Waals surface area contributed by atoms with Crippen molar-refractivity contribution in [2.45, 2.75) is 0 Å². The van der Waals surface area contributed by atoms with E-state index in [4.69, 9.17) is 27.6 Å². The maximum Gasteiger partial charge on any atom is 0.259 e. The third-order valence-corrected chi connectivity index (χ3v) is 5.11. The van der Waals surface area contributed by atoms with Crippen molar-refractivity contribution in [3.05, 3.63) is 58.6 Å². The van der Waals surface area contributed by atoms with Crippen LogP contribution in [0.4, 0.5) is 0 Å². The lowest BCUT2D eigenvalue weighted by atomic mass is 10.2. The van der Waals surface area contributed by atoms with Crippen molar-refractivity contribution in [1.82, 2.24) is 10.2 Å². The van der Waals surface area contributed by atoms with Gasteiger partial charge < -0.3 is 4.42 Å². The molecule has 6 heteroatoms. The SMILES string of the molecule is Clc1ccc2c(Cl)c(-c3nnc(-c4ccccc4)o3)sc2c1. The van der Waals surface area contributed by atoms with Gasteiger partial charge >= 0.3 is 0 Å². The largest absolute Gasteiger partial charge is 0.415 e. The molecule has 0 radical (unpaired) electrons. The molecule has 0 amide bonds. The summed E-state index contributed by atoms with van der Waals surface area (Å²) in [6.07, 6.45) is 0. The Morgan fingerprint density at radius 1 is 0.909 bits per heavy atom. The van der Waals surface area contributed by atoms with Crippen LogP contribution in [-0.4, -0.2) is 10.2 Å². The average molecular weight is 347 g/mol. The molecule has 0 N–H and O–H groups in total. The van der Waals surface area contributed by atoms with Crippen LogP contribution in [0.15, 0.2) is 52.9 Å². The van der Waals surface area contributed by atoms with Gasteiger partial charge in [0.15, 0.2) is 0 Å². The normalized spacial score (nSPS) is 11.2. The van der Waals surface area contributed by atoms with Gasteiger partial charge in [0.1, 0.15) is 4.88 Å². The molecule has 2 aromatic heterocycles. The number of rotatable bonds is 2. The number of thiophene rings is 1. The second-order valence-corrected chi connectivity index (χ2v) is 6.53. The molecule has 0 atom stereocenters. The Morgan fingerprint density at radius 2 is 1.68 bits per heavy atom. The Balaban J connectivity index is 1.83. The standard InChI is InChI=1S/C16H8Cl2N2OS/c17-10-6-7-11-12(8-10)22-14(13(11)18)16-20-19-15(21-16)9-4-2-1-3-5-9/h1-8H. The van der Waals surface area contributed by atoms with E-state index in [9.17, 15) is 0 Å². The summed E-state index contributed by atoms with van der Waals surface area (Å²) in [5, 5.41) is 10.4. The van der Waals surface area contributed by atoms with Crippen molar-refractivity contribution in [2.75, 3.05) is 0 Å². The van der Waals surface area contributed by atoms with Gasteiger partial charge in [-0.25, -0.2) is 0 Å². The van der Waals surface area contributed by atoms with Crippen molar-refractivity contribution >= 4 is 44.6 Å². The molecule has 2 aromatic carbocycles.